The fourth-order valence-electron chi connectivity index (χ4n) is 3.34. The lowest BCUT2D eigenvalue weighted by atomic mass is 9.98. The molecule has 0 saturated carbocycles. The number of hydrogen-bond donors (Lipinski definition) is 0. The average molecular weight is 288 g/mol. The lowest BCUT2D eigenvalue weighted by Crippen LogP contribution is -2.33. The van der Waals surface area contributed by atoms with Crippen molar-refractivity contribution in [3.05, 3.63) is 65.2 Å². The maximum atomic E-state index is 4.67. The van der Waals surface area contributed by atoms with E-state index in [1.807, 2.05) is 18.7 Å². The van der Waals surface area contributed by atoms with Gasteiger partial charge in [-0.25, -0.2) is 4.57 Å². The van der Waals surface area contributed by atoms with Crippen LogP contribution in [0.1, 0.15) is 22.3 Å². The summed E-state index contributed by atoms with van der Waals surface area (Å²) in [6.07, 6.45) is 6.64. The number of fused-ring (bicyclic) bond motifs is 3. The van der Waals surface area contributed by atoms with Crippen molar-refractivity contribution in [1.82, 2.24) is 9.97 Å². The van der Waals surface area contributed by atoms with Crippen molar-refractivity contribution in [1.29, 1.82) is 0 Å². The SMILES string of the molecule is Cc1ccc(C)c(-c2c3c(nc[n+]2C)-c2ccncc2C3)c1. The maximum Gasteiger partial charge on any atom is 0.287 e. The summed E-state index contributed by atoms with van der Waals surface area (Å²) in [6, 6.07) is 8.70. The summed E-state index contributed by atoms with van der Waals surface area (Å²) in [4.78, 5) is 8.93. The largest absolute Gasteiger partial charge is 0.287 e. The van der Waals surface area contributed by atoms with Gasteiger partial charge in [0.2, 0.25) is 0 Å². The van der Waals surface area contributed by atoms with Gasteiger partial charge >= 0.3 is 0 Å². The molecule has 0 aliphatic heterocycles. The average Bonchev–Trinajstić information content (AvgIpc) is 2.88. The van der Waals surface area contributed by atoms with Gasteiger partial charge in [0.1, 0.15) is 5.69 Å². The zero-order valence-electron chi connectivity index (χ0n) is 13.1. The van der Waals surface area contributed by atoms with E-state index in [0.29, 0.717) is 0 Å². The van der Waals surface area contributed by atoms with Crippen LogP contribution >= 0.6 is 0 Å². The van der Waals surface area contributed by atoms with Gasteiger partial charge in [-0.1, -0.05) is 17.7 Å². The number of hydrogen-bond acceptors (Lipinski definition) is 2. The third-order valence-corrected chi connectivity index (χ3v) is 4.46. The van der Waals surface area contributed by atoms with Crippen molar-refractivity contribution >= 4 is 0 Å². The molecule has 2 aromatic heterocycles. The molecule has 3 nitrogen and oxygen atoms in total. The molecule has 22 heavy (non-hydrogen) atoms. The number of rotatable bonds is 1. The Morgan fingerprint density at radius 2 is 1.95 bits per heavy atom. The fraction of sp³-hybridized carbons (Fsp3) is 0.211. The van der Waals surface area contributed by atoms with Crippen LogP contribution in [0, 0.1) is 13.8 Å². The normalized spacial score (nSPS) is 12.1. The predicted molar refractivity (Wildman–Crippen MR) is 86.4 cm³/mol. The Labute approximate surface area is 130 Å². The molecule has 0 amide bonds. The molecule has 4 rings (SSSR count). The van der Waals surface area contributed by atoms with Crippen LogP contribution in [0.15, 0.2) is 43.0 Å². The molecular formula is C19H18N3+. The van der Waals surface area contributed by atoms with E-state index < -0.39 is 0 Å². The summed E-state index contributed by atoms with van der Waals surface area (Å²) in [6.45, 7) is 4.31. The van der Waals surface area contributed by atoms with Crippen LogP contribution in [-0.2, 0) is 13.5 Å². The Balaban J connectivity index is 2.01. The van der Waals surface area contributed by atoms with Crippen LogP contribution < -0.4 is 4.57 Å². The predicted octanol–water partition coefficient (Wildman–Crippen LogP) is 3.16. The van der Waals surface area contributed by atoms with Crippen LogP contribution in [0.2, 0.25) is 0 Å². The van der Waals surface area contributed by atoms with E-state index >= 15 is 0 Å². The van der Waals surface area contributed by atoms with E-state index in [1.54, 1.807) is 0 Å². The lowest BCUT2D eigenvalue weighted by Gasteiger charge is -2.10. The van der Waals surface area contributed by atoms with E-state index in [-0.39, 0.29) is 0 Å². The molecule has 0 atom stereocenters. The van der Waals surface area contributed by atoms with Gasteiger partial charge in [-0.2, -0.15) is 0 Å². The van der Waals surface area contributed by atoms with Gasteiger partial charge < -0.3 is 0 Å². The molecule has 1 aliphatic carbocycles. The van der Waals surface area contributed by atoms with Crippen LogP contribution in [0.3, 0.4) is 0 Å². The van der Waals surface area contributed by atoms with E-state index in [4.69, 9.17) is 0 Å². The summed E-state index contributed by atoms with van der Waals surface area (Å²) in [5.41, 5.74) is 10.0. The Morgan fingerprint density at radius 3 is 2.82 bits per heavy atom. The molecule has 0 radical (unpaired) electrons. The molecule has 2 heterocycles. The maximum absolute atomic E-state index is 4.67. The first-order chi connectivity index (χ1) is 10.6. The van der Waals surface area contributed by atoms with Crippen LogP contribution in [-0.4, -0.2) is 9.97 Å². The molecule has 0 bridgehead atoms. The van der Waals surface area contributed by atoms with Crippen molar-refractivity contribution in [2.75, 3.05) is 0 Å². The van der Waals surface area contributed by atoms with Gasteiger partial charge in [0, 0.05) is 29.9 Å². The molecule has 0 saturated heterocycles. The quantitative estimate of drug-likeness (QED) is 0.504. The topological polar surface area (TPSA) is 29.7 Å². The van der Waals surface area contributed by atoms with E-state index in [2.05, 4.69) is 59.7 Å². The summed E-state index contributed by atoms with van der Waals surface area (Å²) >= 11 is 0. The number of pyridine rings is 1. The minimum absolute atomic E-state index is 0.906. The highest BCUT2D eigenvalue weighted by atomic mass is 15.0. The second kappa shape index (κ2) is 4.73. The smallest absolute Gasteiger partial charge is 0.264 e. The molecule has 1 aromatic carbocycles. The third kappa shape index (κ3) is 1.86. The second-order valence-corrected chi connectivity index (χ2v) is 6.06. The monoisotopic (exact) mass is 288 g/mol. The van der Waals surface area contributed by atoms with Gasteiger partial charge in [-0.3, -0.25) is 4.98 Å². The zero-order valence-corrected chi connectivity index (χ0v) is 13.1. The minimum Gasteiger partial charge on any atom is -0.264 e. The molecule has 108 valence electrons. The van der Waals surface area contributed by atoms with Gasteiger partial charge in [-0.05, 0) is 42.1 Å². The Hall–Kier alpha value is -2.55. The first kappa shape index (κ1) is 13.1. The van der Waals surface area contributed by atoms with Crippen LogP contribution in [0.5, 0.6) is 0 Å². The zero-order chi connectivity index (χ0) is 15.3. The molecule has 0 fully saturated rings. The van der Waals surface area contributed by atoms with Crippen molar-refractivity contribution < 1.29 is 4.57 Å². The minimum atomic E-state index is 0.906. The number of benzene rings is 1. The molecule has 1 aliphatic rings. The highest BCUT2D eigenvalue weighted by molar-refractivity contribution is 5.79. The standard InChI is InChI=1S/C19H18N3/c1-12-4-5-13(2)16(8-12)19-17-9-14-10-20-7-6-15(14)18(17)21-11-22(19)3/h4-8,10-11H,9H2,1-3H3/q+1. The number of aromatic nitrogens is 3. The summed E-state index contributed by atoms with van der Waals surface area (Å²) < 4.78 is 2.14. The molecule has 0 unspecified atom stereocenters. The fourth-order valence-corrected chi connectivity index (χ4v) is 3.34. The third-order valence-electron chi connectivity index (χ3n) is 4.46. The number of aryl methyl sites for hydroxylation is 3. The molecule has 0 spiro atoms. The highest BCUT2D eigenvalue weighted by Crippen LogP contribution is 2.38. The van der Waals surface area contributed by atoms with Gasteiger partial charge in [0.15, 0.2) is 5.69 Å². The lowest BCUT2D eigenvalue weighted by molar-refractivity contribution is -0.663. The van der Waals surface area contributed by atoms with Crippen molar-refractivity contribution in [3.8, 4) is 22.5 Å². The molecular weight excluding hydrogens is 270 g/mol. The Bertz CT molecular complexity index is 897. The molecule has 3 heteroatoms. The summed E-state index contributed by atoms with van der Waals surface area (Å²) in [5.74, 6) is 0. The van der Waals surface area contributed by atoms with Gasteiger partial charge in [-0.15, -0.1) is 0 Å². The van der Waals surface area contributed by atoms with Crippen LogP contribution in [0.4, 0.5) is 0 Å². The summed E-state index contributed by atoms with van der Waals surface area (Å²) in [7, 11) is 2.08. The second-order valence-electron chi connectivity index (χ2n) is 6.06. The van der Waals surface area contributed by atoms with Gasteiger partial charge in [0.05, 0.1) is 12.6 Å². The van der Waals surface area contributed by atoms with Crippen molar-refractivity contribution in [2.24, 2.45) is 7.05 Å². The molecule has 3 aromatic rings. The van der Waals surface area contributed by atoms with E-state index in [9.17, 15) is 0 Å². The van der Waals surface area contributed by atoms with Gasteiger partial charge in [0.25, 0.3) is 6.33 Å². The first-order valence-corrected chi connectivity index (χ1v) is 7.53. The Morgan fingerprint density at radius 1 is 1.09 bits per heavy atom. The van der Waals surface area contributed by atoms with E-state index in [1.165, 1.54) is 39.1 Å². The first-order valence-electron chi connectivity index (χ1n) is 7.53. The highest BCUT2D eigenvalue weighted by Gasteiger charge is 2.30. The Kier molecular flexibility index (Phi) is 2.83. The van der Waals surface area contributed by atoms with Crippen molar-refractivity contribution in [2.45, 2.75) is 20.3 Å². The number of nitrogens with zero attached hydrogens (tertiary/aromatic N) is 3. The summed E-state index contributed by atoms with van der Waals surface area (Å²) in [5, 5.41) is 0. The van der Waals surface area contributed by atoms with Crippen LogP contribution in [0.25, 0.3) is 22.5 Å². The van der Waals surface area contributed by atoms with Crippen molar-refractivity contribution in [3.63, 3.8) is 0 Å². The van der Waals surface area contributed by atoms with E-state index in [0.717, 1.165) is 12.1 Å². The molecule has 0 N–H and O–H groups in total.